The fraction of sp³-hybridized carbons (Fsp3) is 1.00. The van der Waals surface area contributed by atoms with Crippen molar-refractivity contribution < 1.29 is 4.25 Å². The zero-order chi connectivity index (χ0) is 9.61. The van der Waals surface area contributed by atoms with Crippen molar-refractivity contribution in [3.05, 3.63) is 0 Å². The molecule has 0 aromatic rings. The van der Waals surface area contributed by atoms with Gasteiger partial charge >= 0.3 is 0 Å². The van der Waals surface area contributed by atoms with Crippen LogP contribution in [-0.2, 0) is 0 Å². The maximum absolute atomic E-state index is 2.41. The number of hydrogen-bond acceptors (Lipinski definition) is 0. The molecule has 0 amide bonds. The van der Waals surface area contributed by atoms with Crippen molar-refractivity contribution in [1.82, 2.24) is 0 Å². The minimum absolute atomic E-state index is 0.178. The van der Waals surface area contributed by atoms with Gasteiger partial charge in [-0.25, -0.2) is 0 Å². The Morgan fingerprint density at radius 2 is 1.50 bits per heavy atom. The maximum Gasteiger partial charge on any atom is 0.0968 e. The van der Waals surface area contributed by atoms with Crippen LogP contribution in [0, 0.1) is 0 Å². The molecule has 0 rings (SSSR count). The van der Waals surface area contributed by atoms with Crippen LogP contribution in [0.5, 0.6) is 0 Å². The molecule has 0 fully saturated rings. The summed E-state index contributed by atoms with van der Waals surface area (Å²) in [6.45, 7) is 15.8. The third-order valence-corrected chi connectivity index (χ3v) is 5.42. The summed E-state index contributed by atoms with van der Waals surface area (Å²) in [4.78, 5) is 0. The van der Waals surface area contributed by atoms with Crippen LogP contribution in [0.25, 0.3) is 0 Å². The van der Waals surface area contributed by atoms with Crippen molar-refractivity contribution in [2.24, 2.45) is 0 Å². The highest BCUT2D eigenvalue weighted by molar-refractivity contribution is 7.49. The Hall–Kier alpha value is 0.390. The van der Waals surface area contributed by atoms with Gasteiger partial charge in [0.1, 0.15) is 0 Å². The molecule has 0 unspecified atom stereocenters. The van der Waals surface area contributed by atoms with Crippen molar-refractivity contribution in [2.45, 2.75) is 33.6 Å². The smallest absolute Gasteiger partial charge is 0.0968 e. The van der Waals surface area contributed by atoms with Crippen LogP contribution in [0.15, 0.2) is 0 Å². The first-order valence-corrected chi connectivity index (χ1v) is 7.35. The molecule has 2 heteroatoms. The molecule has 0 saturated heterocycles. The molecular formula is C10H25NP+. The zero-order valence-electron chi connectivity index (χ0n) is 9.43. The summed E-state index contributed by atoms with van der Waals surface area (Å²) in [5.41, 5.74) is 0. The van der Waals surface area contributed by atoms with Gasteiger partial charge in [0.15, 0.2) is 0 Å². The van der Waals surface area contributed by atoms with Crippen LogP contribution >= 0.6 is 8.07 Å². The highest BCUT2D eigenvalue weighted by Gasteiger charge is 2.26. The predicted octanol–water partition coefficient (Wildman–Crippen LogP) is 3.30. The predicted molar refractivity (Wildman–Crippen MR) is 59.9 cm³/mol. The van der Waals surface area contributed by atoms with Crippen molar-refractivity contribution in [1.29, 1.82) is 0 Å². The van der Waals surface area contributed by atoms with E-state index < -0.39 is 0 Å². The monoisotopic (exact) mass is 190 g/mol. The first-order valence-electron chi connectivity index (χ1n) is 5.16. The average molecular weight is 190 g/mol. The van der Waals surface area contributed by atoms with Crippen LogP contribution < -0.4 is 0 Å². The topological polar surface area (TPSA) is 0 Å². The first-order chi connectivity index (χ1) is 5.63. The fourth-order valence-corrected chi connectivity index (χ4v) is 3.43. The second-order valence-corrected chi connectivity index (χ2v) is 6.19. The summed E-state index contributed by atoms with van der Waals surface area (Å²) >= 11 is 0. The third kappa shape index (κ3) is 3.03. The van der Waals surface area contributed by atoms with Crippen molar-refractivity contribution >= 4 is 8.07 Å². The molecule has 0 heterocycles. The van der Waals surface area contributed by atoms with E-state index in [4.69, 9.17) is 0 Å². The van der Waals surface area contributed by atoms with Crippen LogP contribution in [-0.4, -0.2) is 37.2 Å². The lowest BCUT2D eigenvalue weighted by atomic mass is 10.3. The van der Waals surface area contributed by atoms with Gasteiger partial charge in [0, 0.05) is 13.3 Å². The molecule has 0 aromatic carbocycles. The molecule has 0 atom stereocenters. The minimum atomic E-state index is 0.178. The Bertz CT molecular complexity index is 108. The van der Waals surface area contributed by atoms with E-state index in [2.05, 4.69) is 34.1 Å². The summed E-state index contributed by atoms with van der Waals surface area (Å²) in [6.07, 6.45) is 2.73. The fourth-order valence-electron chi connectivity index (χ4n) is 1.76. The highest BCUT2D eigenvalue weighted by atomic mass is 31.1. The Morgan fingerprint density at radius 1 is 1.00 bits per heavy atom. The molecule has 12 heavy (non-hydrogen) atoms. The van der Waals surface area contributed by atoms with E-state index >= 15 is 0 Å². The van der Waals surface area contributed by atoms with E-state index in [0.29, 0.717) is 0 Å². The third-order valence-electron chi connectivity index (χ3n) is 2.95. The molecule has 0 bridgehead atoms. The van der Waals surface area contributed by atoms with Gasteiger partial charge in [-0.2, -0.15) is 0 Å². The lowest BCUT2D eigenvalue weighted by molar-refractivity contribution is -0.803. The van der Waals surface area contributed by atoms with Gasteiger partial charge in [0.25, 0.3) is 0 Å². The van der Waals surface area contributed by atoms with E-state index in [1.165, 1.54) is 36.7 Å². The molecule has 0 N–H and O–H groups in total. The van der Waals surface area contributed by atoms with Crippen molar-refractivity contribution in [2.75, 3.05) is 33.0 Å². The van der Waals surface area contributed by atoms with Gasteiger partial charge < -0.3 is 4.25 Å². The van der Waals surface area contributed by atoms with E-state index in [1.807, 2.05) is 0 Å². The second kappa shape index (κ2) is 5.94. The Kier molecular flexibility index (Phi) is 6.13. The molecule has 0 aromatic heterocycles. The van der Waals surface area contributed by atoms with E-state index in [9.17, 15) is 0 Å². The number of rotatable bonds is 6. The van der Waals surface area contributed by atoms with Gasteiger partial charge in [-0.05, 0) is 20.3 Å². The number of quaternary nitrogens is 1. The summed E-state index contributed by atoms with van der Waals surface area (Å²) in [5.74, 6) is 0. The van der Waals surface area contributed by atoms with Gasteiger partial charge in [0.2, 0.25) is 0 Å². The number of nitrogens with zero attached hydrogens (tertiary/aromatic N) is 1. The van der Waals surface area contributed by atoms with Crippen molar-refractivity contribution in [3.8, 4) is 0 Å². The molecule has 0 aliphatic rings. The molecule has 0 radical (unpaired) electrons. The van der Waals surface area contributed by atoms with Gasteiger partial charge in [-0.1, -0.05) is 13.3 Å². The van der Waals surface area contributed by atoms with Gasteiger partial charge in [0.05, 0.1) is 27.7 Å². The van der Waals surface area contributed by atoms with Crippen molar-refractivity contribution in [3.63, 3.8) is 0 Å². The molecule has 0 spiro atoms. The molecule has 74 valence electrons. The molecule has 0 saturated carbocycles. The van der Waals surface area contributed by atoms with E-state index in [0.717, 1.165) is 0 Å². The largest absolute Gasteiger partial charge is 0.311 e. The first kappa shape index (κ1) is 12.4. The van der Waals surface area contributed by atoms with Crippen LogP contribution in [0.1, 0.15) is 33.6 Å². The Balaban J connectivity index is 4.15. The average Bonchev–Trinajstić information content (AvgIpc) is 2.07. The van der Waals surface area contributed by atoms with Crippen LogP contribution in [0.2, 0.25) is 0 Å². The zero-order valence-corrected chi connectivity index (χ0v) is 10.3. The number of hydrogen-bond donors (Lipinski definition) is 0. The quantitative estimate of drug-likeness (QED) is 0.564. The molecular weight excluding hydrogens is 165 g/mol. The van der Waals surface area contributed by atoms with E-state index in [-0.39, 0.29) is 8.07 Å². The van der Waals surface area contributed by atoms with Gasteiger partial charge in [-0.15, -0.1) is 0 Å². The second-order valence-electron chi connectivity index (χ2n) is 3.65. The summed E-state index contributed by atoms with van der Waals surface area (Å²) < 4.78 is 1.36. The summed E-state index contributed by atoms with van der Waals surface area (Å²) in [6, 6.07) is 0. The van der Waals surface area contributed by atoms with Crippen LogP contribution in [0.4, 0.5) is 0 Å². The number of unbranched alkanes of at least 4 members (excludes halogenated alkanes) is 1. The van der Waals surface area contributed by atoms with E-state index in [1.54, 1.807) is 0 Å². The minimum Gasteiger partial charge on any atom is -0.311 e. The Morgan fingerprint density at radius 3 is 1.75 bits per heavy atom. The normalized spacial score (nSPS) is 12.5. The molecule has 1 nitrogen and oxygen atoms in total. The summed E-state index contributed by atoms with van der Waals surface area (Å²) in [5, 5.41) is 0. The Labute approximate surface area is 79.5 Å². The molecule has 0 aliphatic carbocycles. The van der Waals surface area contributed by atoms with Crippen LogP contribution in [0.3, 0.4) is 0 Å². The lowest BCUT2D eigenvalue weighted by Crippen LogP contribution is -2.42. The van der Waals surface area contributed by atoms with Gasteiger partial charge in [-0.3, -0.25) is 0 Å². The standard InChI is InChI=1S/C10H25NP/c1-6-9-10-11(7-2,8-3)12(4)5/h6-10H2,1-5H3/q+1. The molecule has 0 aliphatic heterocycles. The highest BCUT2D eigenvalue weighted by Crippen LogP contribution is 2.40. The maximum atomic E-state index is 2.41. The SMILES string of the molecule is CCCC[N+](CC)(CC)P(C)C. The summed E-state index contributed by atoms with van der Waals surface area (Å²) in [7, 11) is 0.178. The lowest BCUT2D eigenvalue weighted by Gasteiger charge is -2.40.